The Bertz CT molecular complexity index is 323. The topological polar surface area (TPSA) is 61.8 Å². The van der Waals surface area contributed by atoms with E-state index >= 15 is 0 Å². The standard InChI is InChI=1S/C8H13O5P/c1-7(14(10,11-2)12-3)5-8(7)4-6(9)13-8/h4-5H2,1-3H3/t7-,8-/m1/s1. The Labute approximate surface area is 82.2 Å². The van der Waals surface area contributed by atoms with Crippen LogP contribution in [0, 0.1) is 0 Å². The number of rotatable bonds is 3. The van der Waals surface area contributed by atoms with Gasteiger partial charge in [0.1, 0.15) is 10.8 Å². The van der Waals surface area contributed by atoms with Gasteiger partial charge in [0.15, 0.2) is 0 Å². The molecule has 2 rings (SSSR count). The fourth-order valence-electron chi connectivity index (χ4n) is 2.18. The second kappa shape index (κ2) is 2.60. The zero-order valence-electron chi connectivity index (χ0n) is 8.40. The van der Waals surface area contributed by atoms with Crippen molar-refractivity contribution in [2.75, 3.05) is 14.2 Å². The third kappa shape index (κ3) is 0.926. The predicted octanol–water partition coefficient (Wildman–Crippen LogP) is 1.32. The first kappa shape index (κ1) is 10.1. The normalized spacial score (nSPS) is 40.6. The van der Waals surface area contributed by atoms with Crippen LogP contribution in [-0.2, 0) is 23.1 Å². The van der Waals surface area contributed by atoms with Crippen LogP contribution in [0.4, 0.5) is 0 Å². The maximum absolute atomic E-state index is 12.1. The number of carbonyl (C=O) groups excluding carboxylic acids is 1. The Balaban J connectivity index is 2.21. The van der Waals surface area contributed by atoms with Crippen LogP contribution < -0.4 is 0 Å². The van der Waals surface area contributed by atoms with Crippen LogP contribution in [0.5, 0.6) is 0 Å². The number of carbonyl (C=O) groups is 1. The molecule has 2 fully saturated rings. The van der Waals surface area contributed by atoms with Crippen LogP contribution >= 0.6 is 7.60 Å². The van der Waals surface area contributed by atoms with E-state index in [9.17, 15) is 9.36 Å². The largest absolute Gasteiger partial charge is 0.457 e. The lowest BCUT2D eigenvalue weighted by atomic mass is 10.1. The van der Waals surface area contributed by atoms with Gasteiger partial charge in [-0.25, -0.2) is 0 Å². The van der Waals surface area contributed by atoms with Crippen LogP contribution in [0.1, 0.15) is 19.8 Å². The minimum atomic E-state index is -3.14. The van der Waals surface area contributed by atoms with Gasteiger partial charge in [0.2, 0.25) is 0 Å². The Hall–Kier alpha value is -0.380. The summed E-state index contributed by atoms with van der Waals surface area (Å²) in [6.45, 7) is 1.77. The lowest BCUT2D eigenvalue weighted by Gasteiger charge is -2.32. The van der Waals surface area contributed by atoms with E-state index in [0.717, 1.165) is 0 Å². The van der Waals surface area contributed by atoms with Crippen molar-refractivity contribution in [1.29, 1.82) is 0 Å². The molecule has 1 spiro atoms. The highest BCUT2D eigenvalue weighted by molar-refractivity contribution is 7.56. The Kier molecular flexibility index (Phi) is 1.88. The summed E-state index contributed by atoms with van der Waals surface area (Å²) in [6.07, 6.45) is 0.880. The molecule has 0 amide bonds. The van der Waals surface area contributed by atoms with E-state index in [0.29, 0.717) is 12.8 Å². The van der Waals surface area contributed by atoms with E-state index in [1.54, 1.807) is 6.92 Å². The van der Waals surface area contributed by atoms with Gasteiger partial charge in [0, 0.05) is 20.6 Å². The van der Waals surface area contributed by atoms with Gasteiger partial charge in [0.25, 0.3) is 0 Å². The summed E-state index contributed by atoms with van der Waals surface area (Å²) < 4.78 is 27.0. The minimum absolute atomic E-state index is 0.243. The Morgan fingerprint density at radius 2 is 1.93 bits per heavy atom. The van der Waals surface area contributed by atoms with Crippen molar-refractivity contribution >= 4 is 13.6 Å². The molecule has 80 valence electrons. The van der Waals surface area contributed by atoms with Crippen LogP contribution in [0.25, 0.3) is 0 Å². The van der Waals surface area contributed by atoms with E-state index < -0.39 is 18.4 Å². The quantitative estimate of drug-likeness (QED) is 0.530. The maximum Gasteiger partial charge on any atom is 0.340 e. The lowest BCUT2D eigenvalue weighted by Crippen LogP contribution is -2.41. The van der Waals surface area contributed by atoms with Crippen molar-refractivity contribution in [2.45, 2.75) is 30.5 Å². The fraction of sp³-hybridized carbons (Fsp3) is 0.875. The molecule has 5 nitrogen and oxygen atoms in total. The van der Waals surface area contributed by atoms with Crippen LogP contribution in [0.15, 0.2) is 0 Å². The molecular weight excluding hydrogens is 207 g/mol. The number of hydrogen-bond donors (Lipinski definition) is 0. The highest BCUT2D eigenvalue weighted by atomic mass is 31.2. The van der Waals surface area contributed by atoms with Gasteiger partial charge in [-0.15, -0.1) is 0 Å². The molecule has 14 heavy (non-hydrogen) atoms. The van der Waals surface area contributed by atoms with Gasteiger partial charge in [-0.2, -0.15) is 0 Å². The molecule has 2 aliphatic rings. The summed E-state index contributed by atoms with van der Waals surface area (Å²) >= 11 is 0. The van der Waals surface area contributed by atoms with E-state index in [1.165, 1.54) is 14.2 Å². The zero-order chi connectivity index (χ0) is 10.6. The average molecular weight is 220 g/mol. The maximum atomic E-state index is 12.1. The van der Waals surface area contributed by atoms with Crippen molar-refractivity contribution in [2.24, 2.45) is 0 Å². The molecule has 1 saturated heterocycles. The molecular formula is C8H13O5P. The van der Waals surface area contributed by atoms with Crippen molar-refractivity contribution in [3.8, 4) is 0 Å². The molecule has 0 unspecified atom stereocenters. The summed E-state index contributed by atoms with van der Waals surface area (Å²) in [5.74, 6) is -0.243. The summed E-state index contributed by atoms with van der Waals surface area (Å²) in [7, 11) is -0.446. The summed E-state index contributed by atoms with van der Waals surface area (Å²) in [4.78, 5) is 10.8. The fourth-order valence-corrected chi connectivity index (χ4v) is 4.21. The first-order valence-corrected chi connectivity index (χ1v) is 5.91. The SMILES string of the molecule is COP(=O)(OC)[C@]1(C)C[C@]12CC(=O)O2. The molecule has 0 N–H and O–H groups in total. The molecule has 1 saturated carbocycles. The molecule has 2 atom stereocenters. The molecule has 0 radical (unpaired) electrons. The van der Waals surface area contributed by atoms with Gasteiger partial charge in [-0.1, -0.05) is 0 Å². The average Bonchev–Trinajstić information content (AvgIpc) is 2.72. The monoisotopic (exact) mass is 220 g/mol. The van der Waals surface area contributed by atoms with Crippen molar-refractivity contribution in [3.05, 3.63) is 0 Å². The number of ether oxygens (including phenoxy) is 1. The second-order valence-electron chi connectivity index (χ2n) is 3.96. The zero-order valence-corrected chi connectivity index (χ0v) is 9.30. The Morgan fingerprint density at radius 3 is 2.29 bits per heavy atom. The lowest BCUT2D eigenvalue weighted by molar-refractivity contribution is -0.175. The van der Waals surface area contributed by atoms with E-state index in [1.807, 2.05) is 0 Å². The van der Waals surface area contributed by atoms with Gasteiger partial charge >= 0.3 is 13.6 Å². The van der Waals surface area contributed by atoms with Gasteiger partial charge in [0.05, 0.1) is 6.42 Å². The van der Waals surface area contributed by atoms with Crippen molar-refractivity contribution < 1.29 is 23.1 Å². The third-order valence-corrected chi connectivity index (χ3v) is 6.05. The summed E-state index contributed by atoms with van der Waals surface area (Å²) in [5, 5.41) is -0.655. The van der Waals surface area contributed by atoms with E-state index in [-0.39, 0.29) is 5.97 Å². The molecule has 0 bridgehead atoms. The first-order valence-electron chi connectivity index (χ1n) is 4.36. The van der Waals surface area contributed by atoms with Crippen LogP contribution in [-0.4, -0.2) is 30.9 Å². The minimum Gasteiger partial charge on any atom is -0.457 e. The smallest absolute Gasteiger partial charge is 0.340 e. The van der Waals surface area contributed by atoms with Gasteiger partial charge < -0.3 is 13.8 Å². The molecule has 0 aromatic carbocycles. The number of esters is 1. The highest BCUT2D eigenvalue weighted by Gasteiger charge is 2.81. The van der Waals surface area contributed by atoms with E-state index in [2.05, 4.69) is 0 Å². The highest BCUT2D eigenvalue weighted by Crippen LogP contribution is 2.78. The molecule has 1 heterocycles. The molecule has 1 aliphatic heterocycles. The molecule has 1 aliphatic carbocycles. The molecule has 0 aromatic rings. The summed E-state index contributed by atoms with van der Waals surface area (Å²) in [6, 6.07) is 0. The Morgan fingerprint density at radius 1 is 1.43 bits per heavy atom. The van der Waals surface area contributed by atoms with Crippen LogP contribution in [0.2, 0.25) is 0 Å². The second-order valence-corrected chi connectivity index (χ2v) is 6.67. The summed E-state index contributed by atoms with van der Waals surface area (Å²) in [5.41, 5.74) is -0.578. The first-order chi connectivity index (χ1) is 6.43. The van der Waals surface area contributed by atoms with Gasteiger partial charge in [-0.3, -0.25) is 9.36 Å². The van der Waals surface area contributed by atoms with Crippen molar-refractivity contribution in [3.63, 3.8) is 0 Å². The van der Waals surface area contributed by atoms with E-state index in [4.69, 9.17) is 13.8 Å². The van der Waals surface area contributed by atoms with Crippen molar-refractivity contribution in [1.82, 2.24) is 0 Å². The number of hydrogen-bond acceptors (Lipinski definition) is 5. The third-order valence-electron chi connectivity index (χ3n) is 3.31. The van der Waals surface area contributed by atoms with Crippen LogP contribution in [0.3, 0.4) is 0 Å². The van der Waals surface area contributed by atoms with Gasteiger partial charge in [-0.05, 0) is 6.92 Å². The molecule has 0 aromatic heterocycles. The molecule has 6 heteroatoms. The predicted molar refractivity (Wildman–Crippen MR) is 48.1 cm³/mol.